The number of Topliss-reactive ketones (excluding diaryl/α,β-unsaturated/α-hetero) is 1. The molecular formula is C17H17N7O2. The summed E-state index contributed by atoms with van der Waals surface area (Å²) in [6.45, 7) is 3.73. The molecule has 9 nitrogen and oxygen atoms in total. The molecule has 0 bridgehead atoms. The molecule has 2 aromatic heterocycles. The minimum Gasteiger partial charge on any atom is -0.420 e. The van der Waals surface area contributed by atoms with Crippen LogP contribution in [0.1, 0.15) is 41.4 Å². The molecule has 0 aromatic carbocycles. The first kappa shape index (κ1) is 16.3. The maximum Gasteiger partial charge on any atom is 0.245 e. The van der Waals surface area contributed by atoms with E-state index < -0.39 is 11.6 Å². The number of carbonyl (C=O) groups is 1. The van der Waals surface area contributed by atoms with E-state index in [-0.39, 0.29) is 29.7 Å². The first-order valence-corrected chi connectivity index (χ1v) is 8.02. The van der Waals surface area contributed by atoms with Gasteiger partial charge in [0.05, 0.1) is 18.0 Å². The molecule has 0 radical (unpaired) electrons. The molecule has 0 aliphatic carbocycles. The quantitative estimate of drug-likeness (QED) is 0.711. The van der Waals surface area contributed by atoms with Crippen molar-refractivity contribution in [2.75, 3.05) is 6.54 Å². The predicted octanol–water partition coefficient (Wildman–Crippen LogP) is 0.561. The van der Waals surface area contributed by atoms with E-state index in [1.165, 1.54) is 5.01 Å². The molecule has 2 aliphatic heterocycles. The van der Waals surface area contributed by atoms with E-state index in [0.29, 0.717) is 11.3 Å². The highest BCUT2D eigenvalue weighted by atomic mass is 16.5. The van der Waals surface area contributed by atoms with Crippen LogP contribution in [-0.2, 0) is 5.66 Å². The fraction of sp³-hybridized carbons (Fsp3) is 0.294. The van der Waals surface area contributed by atoms with Crippen LogP contribution in [0.15, 0.2) is 36.0 Å². The first-order chi connectivity index (χ1) is 12.4. The van der Waals surface area contributed by atoms with Crippen molar-refractivity contribution in [3.63, 3.8) is 0 Å². The SMILES string of the molecule is CC1(C)N(N)CC(=O)c2c3c(nn21)OC(N)=C(C#N)[C@@H]3c1cccnc1. The van der Waals surface area contributed by atoms with Gasteiger partial charge in [-0.15, -0.1) is 5.10 Å². The molecule has 2 aliphatic rings. The number of allylic oxidation sites excluding steroid dienone is 1. The van der Waals surface area contributed by atoms with E-state index in [4.69, 9.17) is 16.3 Å². The fourth-order valence-electron chi connectivity index (χ4n) is 3.40. The van der Waals surface area contributed by atoms with E-state index in [2.05, 4.69) is 16.2 Å². The number of nitrogens with two attached hydrogens (primary N) is 2. The van der Waals surface area contributed by atoms with Crippen molar-refractivity contribution in [3.8, 4) is 11.9 Å². The highest BCUT2D eigenvalue weighted by molar-refractivity contribution is 5.99. The monoisotopic (exact) mass is 351 g/mol. The van der Waals surface area contributed by atoms with Crippen LogP contribution in [0.25, 0.3) is 0 Å². The minimum absolute atomic E-state index is 0.0286. The highest BCUT2D eigenvalue weighted by Crippen LogP contribution is 2.45. The molecule has 0 fully saturated rings. The van der Waals surface area contributed by atoms with E-state index in [9.17, 15) is 10.1 Å². The lowest BCUT2D eigenvalue weighted by Gasteiger charge is -2.39. The van der Waals surface area contributed by atoms with Crippen LogP contribution in [-0.4, -0.2) is 32.1 Å². The Balaban J connectivity index is 2.02. The summed E-state index contributed by atoms with van der Waals surface area (Å²) in [4.78, 5) is 16.9. The number of hydrazine groups is 1. The molecule has 0 unspecified atom stereocenters. The Morgan fingerprint density at radius 2 is 2.23 bits per heavy atom. The zero-order chi connectivity index (χ0) is 18.6. The first-order valence-electron chi connectivity index (χ1n) is 8.02. The zero-order valence-corrected chi connectivity index (χ0v) is 14.3. The number of pyridine rings is 1. The van der Waals surface area contributed by atoms with Gasteiger partial charge in [0.2, 0.25) is 11.8 Å². The van der Waals surface area contributed by atoms with Gasteiger partial charge in [0, 0.05) is 12.4 Å². The van der Waals surface area contributed by atoms with E-state index >= 15 is 0 Å². The lowest BCUT2D eigenvalue weighted by molar-refractivity contribution is 0.0194. The van der Waals surface area contributed by atoms with Crippen LogP contribution < -0.4 is 16.3 Å². The van der Waals surface area contributed by atoms with Crippen molar-refractivity contribution >= 4 is 5.78 Å². The van der Waals surface area contributed by atoms with Crippen molar-refractivity contribution in [2.24, 2.45) is 11.6 Å². The molecule has 0 saturated heterocycles. The zero-order valence-electron chi connectivity index (χ0n) is 14.3. The van der Waals surface area contributed by atoms with Crippen LogP contribution in [0.2, 0.25) is 0 Å². The summed E-state index contributed by atoms with van der Waals surface area (Å²) in [5.41, 5.74) is 7.07. The Kier molecular flexibility index (Phi) is 3.37. The average Bonchev–Trinajstić information content (AvgIpc) is 3.00. The number of nitriles is 1. The maximum atomic E-state index is 12.8. The summed E-state index contributed by atoms with van der Waals surface area (Å²) in [7, 11) is 0. The van der Waals surface area contributed by atoms with Crippen LogP contribution >= 0.6 is 0 Å². The van der Waals surface area contributed by atoms with Gasteiger partial charge in [0.25, 0.3) is 0 Å². The second-order valence-electron chi connectivity index (χ2n) is 6.74. The third-order valence-corrected chi connectivity index (χ3v) is 4.88. The molecular weight excluding hydrogens is 334 g/mol. The van der Waals surface area contributed by atoms with Gasteiger partial charge in [0.1, 0.15) is 23.0 Å². The molecule has 9 heteroatoms. The Morgan fingerprint density at radius 1 is 1.46 bits per heavy atom. The summed E-state index contributed by atoms with van der Waals surface area (Å²) in [5, 5.41) is 15.5. The summed E-state index contributed by atoms with van der Waals surface area (Å²) in [6.07, 6.45) is 3.28. The van der Waals surface area contributed by atoms with Crippen molar-refractivity contribution in [1.29, 1.82) is 5.26 Å². The second-order valence-corrected chi connectivity index (χ2v) is 6.74. The van der Waals surface area contributed by atoms with Crippen molar-refractivity contribution in [3.05, 3.63) is 52.8 Å². The van der Waals surface area contributed by atoms with Crippen LogP contribution in [0.3, 0.4) is 0 Å². The second kappa shape index (κ2) is 5.39. The number of nitrogens with zero attached hydrogens (tertiary/aromatic N) is 5. The summed E-state index contributed by atoms with van der Waals surface area (Å²) >= 11 is 0. The summed E-state index contributed by atoms with van der Waals surface area (Å²) < 4.78 is 7.13. The summed E-state index contributed by atoms with van der Waals surface area (Å²) in [5.74, 6) is 5.42. The van der Waals surface area contributed by atoms with Gasteiger partial charge in [-0.1, -0.05) is 6.07 Å². The summed E-state index contributed by atoms with van der Waals surface area (Å²) in [6, 6.07) is 5.69. The Bertz CT molecular complexity index is 985. The molecule has 4 N–H and O–H groups in total. The number of aromatic nitrogens is 3. The van der Waals surface area contributed by atoms with E-state index in [1.54, 1.807) is 23.1 Å². The molecule has 4 heterocycles. The topological polar surface area (TPSA) is 136 Å². The van der Waals surface area contributed by atoms with Gasteiger partial charge in [-0.3, -0.25) is 15.6 Å². The third-order valence-electron chi connectivity index (χ3n) is 4.88. The predicted molar refractivity (Wildman–Crippen MR) is 90.3 cm³/mol. The van der Waals surface area contributed by atoms with Crippen molar-refractivity contribution in [2.45, 2.75) is 25.4 Å². The number of fused-ring (bicyclic) bond motifs is 3. The van der Waals surface area contributed by atoms with Crippen LogP contribution in [0.4, 0.5) is 0 Å². The standard InChI is InChI=1S/C17H17N7O2/c1-17(2)23(20)8-11(25)14-13-12(9-4-3-5-21-7-9)10(6-18)15(19)26-16(13)22-24(14)17/h3-5,7,12H,8,19-20H2,1-2H3/t12-/m0/s1. The number of ether oxygens (including phenoxy) is 1. The lowest BCUT2D eigenvalue weighted by atomic mass is 9.83. The average molecular weight is 351 g/mol. The van der Waals surface area contributed by atoms with Crippen LogP contribution in [0, 0.1) is 11.3 Å². The molecule has 26 heavy (non-hydrogen) atoms. The van der Waals surface area contributed by atoms with Gasteiger partial charge >= 0.3 is 0 Å². The molecule has 4 rings (SSSR count). The Hall–Kier alpha value is -3.22. The van der Waals surface area contributed by atoms with Crippen molar-refractivity contribution < 1.29 is 9.53 Å². The largest absolute Gasteiger partial charge is 0.420 e. The normalized spacial score (nSPS) is 21.6. The molecule has 1 atom stereocenters. The minimum atomic E-state index is -0.745. The number of carbonyl (C=O) groups excluding carboxylic acids is 1. The van der Waals surface area contributed by atoms with Gasteiger partial charge < -0.3 is 10.5 Å². The third kappa shape index (κ3) is 2.06. The Morgan fingerprint density at radius 3 is 2.88 bits per heavy atom. The molecule has 0 spiro atoms. The van der Waals surface area contributed by atoms with Gasteiger partial charge in [-0.05, 0) is 25.5 Å². The van der Waals surface area contributed by atoms with E-state index in [1.807, 2.05) is 19.9 Å². The van der Waals surface area contributed by atoms with Gasteiger partial charge in [-0.25, -0.2) is 9.69 Å². The Labute approximate surface area is 149 Å². The number of hydrogen-bond donors (Lipinski definition) is 2. The highest BCUT2D eigenvalue weighted by Gasteiger charge is 2.45. The number of ketones is 1. The van der Waals surface area contributed by atoms with Gasteiger partial charge in [0.15, 0.2) is 5.78 Å². The molecule has 0 saturated carbocycles. The molecule has 132 valence electrons. The molecule has 2 aromatic rings. The smallest absolute Gasteiger partial charge is 0.245 e. The number of rotatable bonds is 1. The van der Waals surface area contributed by atoms with E-state index in [0.717, 1.165) is 5.56 Å². The molecule has 0 amide bonds. The van der Waals surface area contributed by atoms with Gasteiger partial charge in [-0.2, -0.15) is 5.26 Å². The number of hydrogen-bond acceptors (Lipinski definition) is 8. The lowest BCUT2D eigenvalue weighted by Crippen LogP contribution is -2.57. The van der Waals surface area contributed by atoms with Crippen molar-refractivity contribution in [1.82, 2.24) is 19.8 Å². The fourth-order valence-corrected chi connectivity index (χ4v) is 3.40. The maximum absolute atomic E-state index is 12.8. The van der Waals surface area contributed by atoms with Crippen LogP contribution in [0.5, 0.6) is 5.88 Å².